The summed E-state index contributed by atoms with van der Waals surface area (Å²) in [5, 5.41) is 2.80. The Morgan fingerprint density at radius 3 is 2.76 bits per heavy atom. The zero-order valence-electron chi connectivity index (χ0n) is 12.7. The molecule has 2 amide bonds. The minimum absolute atomic E-state index is 0.0793. The Kier molecular flexibility index (Phi) is 4.63. The van der Waals surface area contributed by atoms with Gasteiger partial charge in [-0.1, -0.05) is 18.2 Å². The van der Waals surface area contributed by atoms with Gasteiger partial charge in [0.05, 0.1) is 0 Å². The van der Waals surface area contributed by atoms with E-state index in [-0.39, 0.29) is 18.2 Å². The van der Waals surface area contributed by atoms with Gasteiger partial charge in [-0.3, -0.25) is 9.59 Å². The van der Waals surface area contributed by atoms with Crippen LogP contribution in [0.15, 0.2) is 24.3 Å². The molecule has 0 atom stereocenters. The normalized spacial score (nSPS) is 14.8. The monoisotopic (exact) mass is 289 g/mol. The molecule has 1 heterocycles. The summed E-state index contributed by atoms with van der Waals surface area (Å²) in [6.45, 7) is 4.55. The molecule has 0 aromatic heterocycles. The van der Waals surface area contributed by atoms with Gasteiger partial charge in [-0.2, -0.15) is 0 Å². The molecule has 0 saturated carbocycles. The number of nitrogens with two attached hydrogens (primary N) is 1. The van der Waals surface area contributed by atoms with Crippen LogP contribution in [0.25, 0.3) is 0 Å². The quantitative estimate of drug-likeness (QED) is 0.855. The lowest BCUT2D eigenvalue weighted by atomic mass is 10.0. The van der Waals surface area contributed by atoms with Crippen molar-refractivity contribution < 1.29 is 9.59 Å². The van der Waals surface area contributed by atoms with Gasteiger partial charge in [0.2, 0.25) is 11.8 Å². The molecule has 5 nitrogen and oxygen atoms in total. The van der Waals surface area contributed by atoms with Crippen molar-refractivity contribution in [3.63, 3.8) is 0 Å². The number of aryl methyl sites for hydroxylation is 1. The highest BCUT2D eigenvalue weighted by Crippen LogP contribution is 2.27. The summed E-state index contributed by atoms with van der Waals surface area (Å²) in [5.74, 6) is 0.00466. The molecule has 0 radical (unpaired) electrons. The van der Waals surface area contributed by atoms with E-state index in [1.54, 1.807) is 4.90 Å². The minimum Gasteiger partial charge on any atom is -0.354 e. The SMILES string of the molecule is CC(C)(N)CNC(=O)CCN1C(=O)CCc2ccccc21. The van der Waals surface area contributed by atoms with E-state index in [2.05, 4.69) is 5.32 Å². The molecular weight excluding hydrogens is 266 g/mol. The topological polar surface area (TPSA) is 75.4 Å². The highest BCUT2D eigenvalue weighted by atomic mass is 16.2. The maximum absolute atomic E-state index is 12.1. The van der Waals surface area contributed by atoms with E-state index in [0.29, 0.717) is 19.5 Å². The number of amides is 2. The summed E-state index contributed by atoms with van der Waals surface area (Å²) < 4.78 is 0. The molecule has 0 unspecified atom stereocenters. The molecule has 1 aromatic rings. The van der Waals surface area contributed by atoms with Crippen molar-refractivity contribution in [2.24, 2.45) is 5.73 Å². The van der Waals surface area contributed by atoms with E-state index >= 15 is 0 Å². The van der Waals surface area contributed by atoms with E-state index in [0.717, 1.165) is 12.1 Å². The Balaban J connectivity index is 1.94. The van der Waals surface area contributed by atoms with E-state index in [9.17, 15) is 9.59 Å². The van der Waals surface area contributed by atoms with Crippen LogP contribution in [0, 0.1) is 0 Å². The van der Waals surface area contributed by atoms with Gasteiger partial charge in [0.15, 0.2) is 0 Å². The average Bonchev–Trinajstić information content (AvgIpc) is 2.43. The molecule has 0 spiro atoms. The molecule has 5 heteroatoms. The van der Waals surface area contributed by atoms with Crippen molar-refractivity contribution in [1.82, 2.24) is 5.32 Å². The molecule has 114 valence electrons. The van der Waals surface area contributed by atoms with E-state index < -0.39 is 5.54 Å². The molecule has 1 aromatic carbocycles. The fourth-order valence-corrected chi connectivity index (χ4v) is 2.37. The van der Waals surface area contributed by atoms with Crippen molar-refractivity contribution in [2.45, 2.75) is 38.6 Å². The van der Waals surface area contributed by atoms with Crippen LogP contribution in [0.3, 0.4) is 0 Å². The lowest BCUT2D eigenvalue weighted by Gasteiger charge is -2.29. The molecule has 0 bridgehead atoms. The number of nitrogens with one attached hydrogen (secondary N) is 1. The summed E-state index contributed by atoms with van der Waals surface area (Å²) >= 11 is 0. The standard InChI is InChI=1S/C16H23N3O2/c1-16(2,17)11-18-14(20)9-10-19-13-6-4-3-5-12(13)7-8-15(19)21/h3-6H,7-11,17H2,1-2H3,(H,18,20). The lowest BCUT2D eigenvalue weighted by Crippen LogP contribution is -2.46. The summed E-state index contributed by atoms with van der Waals surface area (Å²) in [7, 11) is 0. The third kappa shape index (κ3) is 4.29. The van der Waals surface area contributed by atoms with Gasteiger partial charge in [-0.25, -0.2) is 0 Å². The highest BCUT2D eigenvalue weighted by Gasteiger charge is 2.24. The number of para-hydroxylation sites is 1. The van der Waals surface area contributed by atoms with Crippen LogP contribution in [0.2, 0.25) is 0 Å². The molecule has 0 fully saturated rings. The number of carbonyl (C=O) groups excluding carboxylic acids is 2. The van der Waals surface area contributed by atoms with Gasteiger partial charge in [-0.05, 0) is 31.9 Å². The number of benzene rings is 1. The van der Waals surface area contributed by atoms with Crippen LogP contribution >= 0.6 is 0 Å². The molecule has 2 rings (SSSR count). The van der Waals surface area contributed by atoms with Gasteiger partial charge in [0, 0.05) is 37.2 Å². The number of carbonyl (C=O) groups is 2. The Morgan fingerprint density at radius 1 is 1.33 bits per heavy atom. The first kappa shape index (κ1) is 15.5. The first-order valence-corrected chi connectivity index (χ1v) is 7.31. The Morgan fingerprint density at radius 2 is 2.05 bits per heavy atom. The smallest absolute Gasteiger partial charge is 0.227 e. The summed E-state index contributed by atoms with van der Waals surface area (Å²) in [6.07, 6.45) is 1.57. The molecule has 21 heavy (non-hydrogen) atoms. The second-order valence-corrected chi connectivity index (χ2v) is 6.19. The van der Waals surface area contributed by atoms with Gasteiger partial charge in [0.25, 0.3) is 0 Å². The van der Waals surface area contributed by atoms with Crippen molar-refractivity contribution in [1.29, 1.82) is 0 Å². The van der Waals surface area contributed by atoms with E-state index in [1.165, 1.54) is 5.56 Å². The van der Waals surface area contributed by atoms with Crippen molar-refractivity contribution in [3.05, 3.63) is 29.8 Å². The summed E-state index contributed by atoms with van der Waals surface area (Å²) in [6, 6.07) is 7.86. The van der Waals surface area contributed by atoms with Crippen LogP contribution in [-0.2, 0) is 16.0 Å². The molecular formula is C16H23N3O2. The number of nitrogens with zero attached hydrogens (tertiary/aromatic N) is 1. The van der Waals surface area contributed by atoms with Crippen LogP contribution in [0.5, 0.6) is 0 Å². The van der Waals surface area contributed by atoms with Gasteiger partial charge >= 0.3 is 0 Å². The number of hydrogen-bond acceptors (Lipinski definition) is 3. The number of hydrogen-bond donors (Lipinski definition) is 2. The second-order valence-electron chi connectivity index (χ2n) is 6.19. The number of fused-ring (bicyclic) bond motifs is 1. The van der Waals surface area contributed by atoms with Crippen molar-refractivity contribution >= 4 is 17.5 Å². The summed E-state index contributed by atoms with van der Waals surface area (Å²) in [5.41, 5.74) is 7.50. The van der Waals surface area contributed by atoms with Crippen molar-refractivity contribution in [2.75, 3.05) is 18.0 Å². The first-order valence-electron chi connectivity index (χ1n) is 7.31. The third-order valence-electron chi connectivity index (χ3n) is 3.50. The second kappa shape index (κ2) is 6.26. The Hall–Kier alpha value is -1.88. The number of anilines is 1. The Labute approximate surface area is 125 Å². The fourth-order valence-electron chi connectivity index (χ4n) is 2.37. The maximum atomic E-state index is 12.1. The van der Waals surface area contributed by atoms with Gasteiger partial charge < -0.3 is 16.0 Å². The average molecular weight is 289 g/mol. The lowest BCUT2D eigenvalue weighted by molar-refractivity contribution is -0.121. The maximum Gasteiger partial charge on any atom is 0.227 e. The van der Waals surface area contributed by atoms with Crippen LogP contribution < -0.4 is 16.0 Å². The van der Waals surface area contributed by atoms with Crippen molar-refractivity contribution in [3.8, 4) is 0 Å². The first-order chi connectivity index (χ1) is 9.87. The predicted octanol–water partition coefficient (Wildman–Crippen LogP) is 1.21. The zero-order valence-corrected chi connectivity index (χ0v) is 12.7. The van der Waals surface area contributed by atoms with Gasteiger partial charge in [-0.15, -0.1) is 0 Å². The molecule has 3 N–H and O–H groups in total. The number of rotatable bonds is 5. The Bertz CT molecular complexity index is 535. The van der Waals surface area contributed by atoms with E-state index in [4.69, 9.17) is 5.73 Å². The third-order valence-corrected chi connectivity index (χ3v) is 3.50. The van der Waals surface area contributed by atoms with Crippen LogP contribution in [-0.4, -0.2) is 30.4 Å². The largest absolute Gasteiger partial charge is 0.354 e. The minimum atomic E-state index is -0.427. The van der Waals surface area contributed by atoms with Gasteiger partial charge in [0.1, 0.15) is 0 Å². The van der Waals surface area contributed by atoms with Crippen LogP contribution in [0.1, 0.15) is 32.3 Å². The molecule has 1 aliphatic rings. The van der Waals surface area contributed by atoms with E-state index in [1.807, 2.05) is 38.1 Å². The molecule has 0 saturated heterocycles. The zero-order chi connectivity index (χ0) is 15.5. The molecule has 1 aliphatic heterocycles. The summed E-state index contributed by atoms with van der Waals surface area (Å²) in [4.78, 5) is 25.6. The fraction of sp³-hybridized carbons (Fsp3) is 0.500. The highest BCUT2D eigenvalue weighted by molar-refractivity contribution is 5.96. The van der Waals surface area contributed by atoms with Crippen LogP contribution in [0.4, 0.5) is 5.69 Å². The predicted molar refractivity (Wildman–Crippen MR) is 83.0 cm³/mol. The molecule has 0 aliphatic carbocycles.